The van der Waals surface area contributed by atoms with E-state index in [2.05, 4.69) is 45.6 Å². The van der Waals surface area contributed by atoms with Gasteiger partial charge in [0.25, 0.3) is 0 Å². The first kappa shape index (κ1) is 11.6. The van der Waals surface area contributed by atoms with Gasteiger partial charge in [-0.1, -0.05) is 31.0 Å². The van der Waals surface area contributed by atoms with Crippen LogP contribution in [0.3, 0.4) is 0 Å². The summed E-state index contributed by atoms with van der Waals surface area (Å²) < 4.78 is 0. The van der Waals surface area contributed by atoms with Crippen LogP contribution in [0.2, 0.25) is 0 Å². The number of unbranched alkanes of at least 4 members (excludes halogenated alkanes) is 1. The molecule has 1 radical (unpaired) electrons. The largest absolute Gasteiger partial charge is 0.121 e. The zero-order valence-electron chi connectivity index (χ0n) is 9.55. The van der Waals surface area contributed by atoms with Crippen molar-refractivity contribution in [3.8, 4) is 0 Å². The predicted octanol–water partition coefficient (Wildman–Crippen LogP) is 4.67. The molecule has 0 fully saturated rings. The van der Waals surface area contributed by atoms with Crippen molar-refractivity contribution < 1.29 is 0 Å². The van der Waals surface area contributed by atoms with E-state index in [4.69, 9.17) is 0 Å². The van der Waals surface area contributed by atoms with E-state index in [0.29, 0.717) is 0 Å². The van der Waals surface area contributed by atoms with Gasteiger partial charge in [0.1, 0.15) is 0 Å². The maximum absolute atomic E-state index is 2.31. The Hall–Kier alpha value is -0.430. The fourth-order valence-electron chi connectivity index (χ4n) is 1.61. The second-order valence-electron chi connectivity index (χ2n) is 3.80. The topological polar surface area (TPSA) is 0 Å². The standard InChI is InChI=1S/C13H19S/c1-5-6-7-14-13-11(3)8-10(2)9-12(13)4/h7-9H,5-6H2,1-4H3. The molecule has 1 aromatic carbocycles. The SMILES string of the molecule is CCC[CH]Sc1c(C)cc(C)cc1C. The molecule has 0 saturated heterocycles. The van der Waals surface area contributed by atoms with Crippen LogP contribution in [0.25, 0.3) is 0 Å². The highest BCUT2D eigenvalue weighted by atomic mass is 32.2. The highest BCUT2D eigenvalue weighted by molar-refractivity contribution is 8.01. The lowest BCUT2D eigenvalue weighted by molar-refractivity contribution is 0.943. The zero-order valence-corrected chi connectivity index (χ0v) is 10.4. The van der Waals surface area contributed by atoms with Crippen LogP contribution in [0.4, 0.5) is 0 Å². The van der Waals surface area contributed by atoms with Crippen LogP contribution in [0, 0.1) is 26.5 Å². The monoisotopic (exact) mass is 207 g/mol. The van der Waals surface area contributed by atoms with Gasteiger partial charge in [-0.05, 0) is 38.3 Å². The van der Waals surface area contributed by atoms with Crippen molar-refractivity contribution in [1.29, 1.82) is 0 Å². The summed E-state index contributed by atoms with van der Waals surface area (Å²) in [4.78, 5) is 1.43. The van der Waals surface area contributed by atoms with E-state index in [9.17, 15) is 0 Å². The molecule has 0 N–H and O–H groups in total. The van der Waals surface area contributed by atoms with Gasteiger partial charge in [0, 0.05) is 10.6 Å². The van der Waals surface area contributed by atoms with Crippen molar-refractivity contribution in [2.24, 2.45) is 0 Å². The maximum Gasteiger partial charge on any atom is 0.0217 e. The van der Waals surface area contributed by atoms with Gasteiger partial charge in [-0.25, -0.2) is 0 Å². The van der Waals surface area contributed by atoms with Crippen LogP contribution < -0.4 is 0 Å². The Bertz CT molecular complexity index is 279. The van der Waals surface area contributed by atoms with Crippen molar-refractivity contribution in [2.75, 3.05) is 0 Å². The maximum atomic E-state index is 2.31. The first-order chi connectivity index (χ1) is 6.65. The van der Waals surface area contributed by atoms with Gasteiger partial charge in [-0.15, -0.1) is 11.8 Å². The van der Waals surface area contributed by atoms with Gasteiger partial charge in [-0.2, -0.15) is 0 Å². The Morgan fingerprint density at radius 3 is 2.21 bits per heavy atom. The van der Waals surface area contributed by atoms with Crippen molar-refractivity contribution in [1.82, 2.24) is 0 Å². The zero-order chi connectivity index (χ0) is 10.6. The van der Waals surface area contributed by atoms with Crippen LogP contribution in [0.1, 0.15) is 36.5 Å². The lowest BCUT2D eigenvalue weighted by Gasteiger charge is -2.09. The van der Waals surface area contributed by atoms with Gasteiger partial charge in [-0.3, -0.25) is 0 Å². The Kier molecular flexibility index (Phi) is 4.53. The van der Waals surface area contributed by atoms with Crippen molar-refractivity contribution in [3.05, 3.63) is 34.6 Å². The molecule has 1 rings (SSSR count). The fourth-order valence-corrected chi connectivity index (χ4v) is 2.62. The lowest BCUT2D eigenvalue weighted by Crippen LogP contribution is -1.87. The number of aryl methyl sites for hydroxylation is 3. The van der Waals surface area contributed by atoms with Gasteiger partial charge < -0.3 is 0 Å². The van der Waals surface area contributed by atoms with E-state index >= 15 is 0 Å². The molecular weight excluding hydrogens is 188 g/mol. The Morgan fingerprint density at radius 2 is 1.71 bits per heavy atom. The number of hydrogen-bond acceptors (Lipinski definition) is 1. The molecule has 0 atom stereocenters. The smallest absolute Gasteiger partial charge is 0.0217 e. The first-order valence-corrected chi connectivity index (χ1v) is 6.09. The molecule has 0 bridgehead atoms. The molecule has 0 unspecified atom stereocenters. The number of hydrogen-bond donors (Lipinski definition) is 0. The van der Waals surface area contributed by atoms with Crippen LogP contribution >= 0.6 is 11.8 Å². The molecular formula is C13H19S. The Morgan fingerprint density at radius 1 is 1.14 bits per heavy atom. The summed E-state index contributed by atoms with van der Waals surface area (Å²) in [5.74, 6) is 2.31. The molecule has 0 spiro atoms. The predicted molar refractivity (Wildman–Crippen MR) is 65.7 cm³/mol. The first-order valence-electron chi connectivity index (χ1n) is 5.21. The van der Waals surface area contributed by atoms with E-state index in [1.807, 2.05) is 11.8 Å². The summed E-state index contributed by atoms with van der Waals surface area (Å²) in [6.45, 7) is 8.76. The average molecular weight is 207 g/mol. The lowest BCUT2D eigenvalue weighted by atomic mass is 10.1. The normalized spacial score (nSPS) is 10.6. The van der Waals surface area contributed by atoms with Crippen LogP contribution in [-0.2, 0) is 0 Å². The minimum absolute atomic E-state index is 1.19. The highest BCUT2D eigenvalue weighted by Gasteiger charge is 2.03. The number of benzene rings is 1. The summed E-state index contributed by atoms with van der Waals surface area (Å²) in [7, 11) is 0. The molecule has 0 amide bonds. The summed E-state index contributed by atoms with van der Waals surface area (Å²) >= 11 is 1.88. The van der Waals surface area contributed by atoms with Crippen molar-refractivity contribution in [2.45, 2.75) is 45.4 Å². The number of rotatable bonds is 4. The molecule has 1 aromatic rings. The van der Waals surface area contributed by atoms with Gasteiger partial charge in [0.15, 0.2) is 0 Å². The summed E-state index contributed by atoms with van der Waals surface area (Å²) in [5.41, 5.74) is 4.17. The van der Waals surface area contributed by atoms with E-state index in [1.165, 1.54) is 34.4 Å². The summed E-state index contributed by atoms with van der Waals surface area (Å²) in [6, 6.07) is 4.52. The van der Waals surface area contributed by atoms with Crippen LogP contribution in [0.15, 0.2) is 17.0 Å². The second kappa shape index (κ2) is 5.45. The molecule has 0 aliphatic heterocycles. The minimum Gasteiger partial charge on any atom is -0.121 e. The van der Waals surface area contributed by atoms with E-state index in [1.54, 1.807) is 0 Å². The van der Waals surface area contributed by atoms with Crippen molar-refractivity contribution >= 4 is 11.8 Å². The van der Waals surface area contributed by atoms with Gasteiger partial charge in [0.2, 0.25) is 0 Å². The fraction of sp³-hybridized carbons (Fsp3) is 0.462. The molecule has 77 valence electrons. The molecule has 0 aromatic heterocycles. The summed E-state index contributed by atoms with van der Waals surface area (Å²) in [5, 5.41) is 0. The molecule has 0 aliphatic rings. The Balaban J connectivity index is 2.75. The molecule has 1 heteroatoms. The quantitative estimate of drug-likeness (QED) is 0.511. The van der Waals surface area contributed by atoms with E-state index in [-0.39, 0.29) is 0 Å². The summed E-state index contributed by atoms with van der Waals surface area (Å²) in [6.07, 6.45) is 2.42. The third-order valence-electron chi connectivity index (χ3n) is 2.21. The Labute approximate surface area is 92.1 Å². The third-order valence-corrected chi connectivity index (χ3v) is 3.49. The molecule has 0 aliphatic carbocycles. The van der Waals surface area contributed by atoms with Crippen LogP contribution in [0.5, 0.6) is 0 Å². The van der Waals surface area contributed by atoms with Gasteiger partial charge in [0.05, 0.1) is 0 Å². The second-order valence-corrected chi connectivity index (χ2v) is 4.78. The van der Waals surface area contributed by atoms with Gasteiger partial charge >= 0.3 is 0 Å². The molecule has 14 heavy (non-hydrogen) atoms. The third kappa shape index (κ3) is 3.06. The highest BCUT2D eigenvalue weighted by Crippen LogP contribution is 2.30. The molecule has 0 nitrogen and oxygen atoms in total. The minimum atomic E-state index is 1.19. The average Bonchev–Trinajstić information content (AvgIpc) is 2.09. The molecule has 0 saturated carbocycles. The number of thioether (sulfide) groups is 1. The van der Waals surface area contributed by atoms with Crippen LogP contribution in [-0.4, -0.2) is 0 Å². The van der Waals surface area contributed by atoms with E-state index in [0.717, 1.165) is 0 Å². The van der Waals surface area contributed by atoms with E-state index < -0.39 is 0 Å². The van der Waals surface area contributed by atoms with Crippen molar-refractivity contribution in [3.63, 3.8) is 0 Å². The molecule has 0 heterocycles.